The third kappa shape index (κ3) is 4.03. The fraction of sp³-hybridized carbons (Fsp3) is 0.348. The summed E-state index contributed by atoms with van der Waals surface area (Å²) in [5, 5.41) is 3.25. The summed E-state index contributed by atoms with van der Waals surface area (Å²) in [6.45, 7) is 1.58. The minimum Gasteiger partial charge on any atom is -0.324 e. The molecule has 0 bridgehead atoms. The van der Waals surface area contributed by atoms with Gasteiger partial charge in [0.15, 0.2) is 0 Å². The number of halogens is 2. The summed E-state index contributed by atoms with van der Waals surface area (Å²) in [6, 6.07) is 13.6. The van der Waals surface area contributed by atoms with Crippen molar-refractivity contribution < 1.29 is 14.4 Å². The van der Waals surface area contributed by atoms with E-state index in [1.54, 1.807) is 6.07 Å². The Balaban J connectivity index is 1.44. The molecular formula is C23H22BrClN2O3. The Hall–Kier alpha value is -2.18. The molecule has 0 radical (unpaired) electrons. The van der Waals surface area contributed by atoms with Gasteiger partial charge >= 0.3 is 0 Å². The Morgan fingerprint density at radius 1 is 1.13 bits per heavy atom. The molecule has 156 valence electrons. The van der Waals surface area contributed by atoms with Crippen LogP contribution >= 0.6 is 27.5 Å². The number of benzene rings is 2. The van der Waals surface area contributed by atoms with E-state index in [4.69, 9.17) is 11.6 Å². The molecule has 2 aliphatic rings. The Morgan fingerprint density at radius 2 is 1.83 bits per heavy atom. The maximum Gasteiger partial charge on any atom is 0.244 e. The standard InChI is InChI=1S/C23H22BrClN2O3/c1-13-9-18(24)19(25)11-20(13)26-21(28)12-27-22(29)16-8-7-15(10-17(16)23(27)30)14-5-3-2-4-6-14/h2-6,9,11,15-17H,7-8,10,12H2,1H3,(H,26,28)/t15-,16-,17+/m0/s1. The van der Waals surface area contributed by atoms with Crippen LogP contribution in [-0.2, 0) is 14.4 Å². The first-order chi connectivity index (χ1) is 14.3. The van der Waals surface area contributed by atoms with Crippen LogP contribution in [-0.4, -0.2) is 29.2 Å². The van der Waals surface area contributed by atoms with Crippen LogP contribution in [0.5, 0.6) is 0 Å². The highest BCUT2D eigenvalue weighted by Crippen LogP contribution is 2.44. The monoisotopic (exact) mass is 488 g/mol. The van der Waals surface area contributed by atoms with Crippen LogP contribution in [0.3, 0.4) is 0 Å². The van der Waals surface area contributed by atoms with Gasteiger partial charge in [0.05, 0.1) is 16.9 Å². The number of hydrogen-bond acceptors (Lipinski definition) is 3. The van der Waals surface area contributed by atoms with Gasteiger partial charge in [-0.1, -0.05) is 41.9 Å². The number of nitrogens with one attached hydrogen (secondary N) is 1. The summed E-state index contributed by atoms with van der Waals surface area (Å²) in [4.78, 5) is 39.5. The average molecular weight is 490 g/mol. The molecule has 3 amide bonds. The molecule has 1 N–H and O–H groups in total. The van der Waals surface area contributed by atoms with Crippen LogP contribution in [0.2, 0.25) is 5.02 Å². The van der Waals surface area contributed by atoms with Gasteiger partial charge in [-0.3, -0.25) is 19.3 Å². The van der Waals surface area contributed by atoms with Crippen LogP contribution < -0.4 is 5.32 Å². The normalized spacial score (nSPS) is 23.4. The highest BCUT2D eigenvalue weighted by Gasteiger charge is 2.50. The third-order valence-electron chi connectivity index (χ3n) is 6.13. The number of aryl methyl sites for hydroxylation is 1. The van der Waals surface area contributed by atoms with Crippen molar-refractivity contribution in [3.8, 4) is 0 Å². The highest BCUT2D eigenvalue weighted by atomic mass is 79.9. The topological polar surface area (TPSA) is 66.5 Å². The third-order valence-corrected chi connectivity index (χ3v) is 7.33. The van der Waals surface area contributed by atoms with Crippen LogP contribution in [0, 0.1) is 18.8 Å². The van der Waals surface area contributed by atoms with Crippen molar-refractivity contribution in [3.63, 3.8) is 0 Å². The first-order valence-corrected chi connectivity index (χ1v) is 11.2. The van der Waals surface area contributed by atoms with Crippen LogP contribution in [0.15, 0.2) is 46.9 Å². The van der Waals surface area contributed by atoms with E-state index in [0.717, 1.165) is 21.4 Å². The van der Waals surface area contributed by atoms with Crippen molar-refractivity contribution in [1.29, 1.82) is 0 Å². The van der Waals surface area contributed by atoms with Crippen LogP contribution in [0.1, 0.15) is 36.3 Å². The lowest BCUT2D eigenvalue weighted by atomic mass is 9.73. The van der Waals surface area contributed by atoms with Gasteiger partial charge in [-0.05, 0) is 71.3 Å². The number of nitrogens with zero attached hydrogens (tertiary/aromatic N) is 1. The molecule has 5 nitrogen and oxygen atoms in total. The lowest BCUT2D eigenvalue weighted by Crippen LogP contribution is -2.38. The summed E-state index contributed by atoms with van der Waals surface area (Å²) >= 11 is 9.46. The lowest BCUT2D eigenvalue weighted by Gasteiger charge is -2.28. The zero-order valence-corrected chi connectivity index (χ0v) is 18.9. The summed E-state index contributed by atoms with van der Waals surface area (Å²) < 4.78 is 0.738. The molecule has 30 heavy (non-hydrogen) atoms. The number of imide groups is 1. The van der Waals surface area contributed by atoms with E-state index in [1.807, 2.05) is 31.2 Å². The molecule has 1 aliphatic carbocycles. The van der Waals surface area contributed by atoms with Crippen LogP contribution in [0.4, 0.5) is 5.69 Å². The number of carbonyl (C=O) groups is 3. The van der Waals surface area contributed by atoms with Gasteiger partial charge in [-0.25, -0.2) is 0 Å². The second kappa shape index (κ2) is 8.52. The summed E-state index contributed by atoms with van der Waals surface area (Å²) in [5.41, 5.74) is 2.60. The van der Waals surface area contributed by atoms with Crippen molar-refractivity contribution in [2.45, 2.75) is 32.1 Å². The number of amides is 3. The minimum absolute atomic E-state index is 0.225. The summed E-state index contributed by atoms with van der Waals surface area (Å²) in [5.74, 6) is -1.24. The van der Waals surface area contributed by atoms with Gasteiger partial charge in [0.2, 0.25) is 17.7 Å². The maximum absolute atomic E-state index is 13.0. The van der Waals surface area contributed by atoms with Gasteiger partial charge in [-0.2, -0.15) is 0 Å². The van der Waals surface area contributed by atoms with E-state index in [-0.39, 0.29) is 36.1 Å². The molecule has 1 aliphatic heterocycles. The van der Waals surface area contributed by atoms with E-state index >= 15 is 0 Å². The molecule has 0 aromatic heterocycles. The molecule has 0 spiro atoms. The van der Waals surface area contributed by atoms with Gasteiger partial charge in [-0.15, -0.1) is 0 Å². The first kappa shape index (κ1) is 21.1. The Kier molecular flexibility index (Phi) is 5.98. The largest absolute Gasteiger partial charge is 0.324 e. The zero-order valence-electron chi connectivity index (χ0n) is 16.5. The van der Waals surface area contributed by atoms with Gasteiger partial charge in [0.1, 0.15) is 6.54 Å². The van der Waals surface area contributed by atoms with Crippen LogP contribution in [0.25, 0.3) is 0 Å². The molecule has 3 atom stereocenters. The molecular weight excluding hydrogens is 468 g/mol. The molecule has 1 saturated heterocycles. The molecule has 7 heteroatoms. The van der Waals surface area contributed by atoms with E-state index in [1.165, 1.54) is 5.56 Å². The molecule has 0 unspecified atom stereocenters. The first-order valence-electron chi connectivity index (χ1n) is 10.0. The SMILES string of the molecule is Cc1cc(Br)c(Cl)cc1NC(=O)CN1C(=O)[C@H]2CC[C@H](c3ccccc3)C[C@H]2C1=O. The highest BCUT2D eigenvalue weighted by molar-refractivity contribution is 9.10. The van der Waals surface area contributed by atoms with Crippen molar-refractivity contribution >= 4 is 50.9 Å². The molecule has 1 heterocycles. The van der Waals surface area contributed by atoms with E-state index in [0.29, 0.717) is 23.6 Å². The molecule has 2 aromatic rings. The fourth-order valence-electron chi connectivity index (χ4n) is 4.55. The van der Waals surface area contributed by atoms with Crippen molar-refractivity contribution in [3.05, 3.63) is 63.1 Å². The number of fused-ring (bicyclic) bond motifs is 1. The predicted molar refractivity (Wildman–Crippen MR) is 119 cm³/mol. The second-order valence-corrected chi connectivity index (χ2v) is 9.29. The number of likely N-dealkylation sites (tertiary alicyclic amines) is 1. The van der Waals surface area contributed by atoms with E-state index in [9.17, 15) is 14.4 Å². The van der Waals surface area contributed by atoms with Gasteiger partial charge in [0.25, 0.3) is 0 Å². The summed E-state index contributed by atoms with van der Waals surface area (Å²) in [7, 11) is 0. The van der Waals surface area contributed by atoms with Gasteiger partial charge < -0.3 is 5.32 Å². The zero-order chi connectivity index (χ0) is 21.4. The smallest absolute Gasteiger partial charge is 0.244 e. The number of carbonyl (C=O) groups excluding carboxylic acids is 3. The fourth-order valence-corrected chi connectivity index (χ4v) is 5.17. The van der Waals surface area contributed by atoms with E-state index in [2.05, 4.69) is 33.4 Å². The molecule has 1 saturated carbocycles. The Bertz CT molecular complexity index is 1010. The summed E-state index contributed by atoms with van der Waals surface area (Å²) in [6.07, 6.45) is 2.20. The molecule has 2 fully saturated rings. The van der Waals surface area contributed by atoms with E-state index < -0.39 is 5.91 Å². The van der Waals surface area contributed by atoms with Crippen molar-refractivity contribution in [2.24, 2.45) is 11.8 Å². The van der Waals surface area contributed by atoms with Crippen molar-refractivity contribution in [1.82, 2.24) is 4.90 Å². The second-order valence-electron chi connectivity index (χ2n) is 8.03. The maximum atomic E-state index is 13.0. The number of hydrogen-bond donors (Lipinski definition) is 1. The minimum atomic E-state index is -0.406. The number of anilines is 1. The quantitative estimate of drug-likeness (QED) is 0.620. The van der Waals surface area contributed by atoms with Gasteiger partial charge in [0, 0.05) is 10.2 Å². The average Bonchev–Trinajstić information content (AvgIpc) is 2.97. The predicted octanol–water partition coefficient (Wildman–Crippen LogP) is 4.92. The lowest BCUT2D eigenvalue weighted by molar-refractivity contribution is -0.142. The Morgan fingerprint density at radius 3 is 2.57 bits per heavy atom. The number of rotatable bonds is 4. The molecule has 2 aromatic carbocycles. The Labute approximate surface area is 188 Å². The molecule has 4 rings (SSSR count). The van der Waals surface area contributed by atoms with Crippen molar-refractivity contribution in [2.75, 3.05) is 11.9 Å².